The van der Waals surface area contributed by atoms with Crippen LogP contribution in [0.25, 0.3) is 0 Å². The van der Waals surface area contributed by atoms with Crippen molar-refractivity contribution in [3.63, 3.8) is 0 Å². The predicted molar refractivity (Wildman–Crippen MR) is 80.1 cm³/mol. The first kappa shape index (κ1) is 16.2. The van der Waals surface area contributed by atoms with E-state index < -0.39 is 0 Å². The number of nitrogens with one attached hydrogen (secondary N) is 2. The fourth-order valence-electron chi connectivity index (χ4n) is 2.21. The van der Waals surface area contributed by atoms with Crippen LogP contribution >= 0.6 is 0 Å². The molecule has 2 N–H and O–H groups in total. The lowest BCUT2D eigenvalue weighted by molar-refractivity contribution is -0.123. The van der Waals surface area contributed by atoms with Crippen LogP contribution in [0.2, 0.25) is 0 Å². The van der Waals surface area contributed by atoms with Crippen LogP contribution in [0.3, 0.4) is 0 Å². The molecular formula is C16H24N2O2. The first-order valence-corrected chi connectivity index (χ1v) is 7.14. The van der Waals surface area contributed by atoms with Crippen molar-refractivity contribution < 1.29 is 9.59 Å². The second-order valence-corrected chi connectivity index (χ2v) is 5.13. The molecule has 2 amide bonds. The zero-order valence-electron chi connectivity index (χ0n) is 12.5. The smallest absolute Gasteiger partial charge is 0.222 e. The molecule has 110 valence electrons. The molecule has 2 atom stereocenters. The summed E-state index contributed by atoms with van der Waals surface area (Å²) in [4.78, 5) is 23.3. The van der Waals surface area contributed by atoms with Crippen LogP contribution in [0.15, 0.2) is 30.3 Å². The maximum Gasteiger partial charge on any atom is 0.222 e. The Bertz CT molecular complexity index is 431. The largest absolute Gasteiger partial charge is 0.354 e. The van der Waals surface area contributed by atoms with Gasteiger partial charge in [-0.25, -0.2) is 0 Å². The van der Waals surface area contributed by atoms with Crippen LogP contribution in [0.4, 0.5) is 0 Å². The second-order valence-electron chi connectivity index (χ2n) is 5.13. The number of carbonyl (C=O) groups excluding carboxylic acids is 2. The molecule has 0 heterocycles. The van der Waals surface area contributed by atoms with E-state index in [2.05, 4.69) is 17.6 Å². The van der Waals surface area contributed by atoms with Gasteiger partial charge < -0.3 is 10.6 Å². The normalized spacial score (nSPS) is 13.3. The summed E-state index contributed by atoms with van der Waals surface area (Å²) < 4.78 is 0. The highest BCUT2D eigenvalue weighted by atomic mass is 16.2. The second kappa shape index (κ2) is 8.35. The third kappa shape index (κ3) is 5.87. The molecule has 0 aliphatic carbocycles. The van der Waals surface area contributed by atoms with Crippen molar-refractivity contribution in [2.75, 3.05) is 0 Å². The van der Waals surface area contributed by atoms with Crippen molar-refractivity contribution in [3.8, 4) is 0 Å². The van der Waals surface area contributed by atoms with Crippen molar-refractivity contribution in [2.45, 2.75) is 52.1 Å². The van der Waals surface area contributed by atoms with E-state index in [0.717, 1.165) is 18.4 Å². The van der Waals surface area contributed by atoms with Gasteiger partial charge in [0, 0.05) is 13.0 Å². The SMILES string of the molecule is CCC[C@H](C)NC(=O)C[C@@H](NC(C)=O)c1ccccc1. The molecule has 0 bridgehead atoms. The Morgan fingerprint density at radius 2 is 1.80 bits per heavy atom. The van der Waals surface area contributed by atoms with E-state index in [1.54, 1.807) is 0 Å². The Morgan fingerprint density at radius 3 is 2.35 bits per heavy atom. The van der Waals surface area contributed by atoms with Crippen molar-refractivity contribution in [1.82, 2.24) is 10.6 Å². The molecule has 0 aliphatic rings. The molecule has 0 aromatic heterocycles. The molecule has 0 saturated carbocycles. The lowest BCUT2D eigenvalue weighted by Gasteiger charge is -2.20. The number of carbonyl (C=O) groups is 2. The molecule has 0 spiro atoms. The van der Waals surface area contributed by atoms with Crippen molar-refractivity contribution in [3.05, 3.63) is 35.9 Å². The molecule has 0 aliphatic heterocycles. The first-order valence-electron chi connectivity index (χ1n) is 7.14. The highest BCUT2D eigenvalue weighted by molar-refractivity contribution is 5.79. The van der Waals surface area contributed by atoms with Gasteiger partial charge in [-0.15, -0.1) is 0 Å². The molecule has 0 saturated heterocycles. The van der Waals surface area contributed by atoms with E-state index >= 15 is 0 Å². The number of amides is 2. The summed E-state index contributed by atoms with van der Waals surface area (Å²) in [6, 6.07) is 9.46. The van der Waals surface area contributed by atoms with Gasteiger partial charge in [-0.1, -0.05) is 43.7 Å². The third-order valence-corrected chi connectivity index (χ3v) is 3.10. The van der Waals surface area contributed by atoms with E-state index in [1.165, 1.54) is 6.92 Å². The van der Waals surface area contributed by atoms with Gasteiger partial charge in [-0.05, 0) is 18.9 Å². The molecule has 4 nitrogen and oxygen atoms in total. The summed E-state index contributed by atoms with van der Waals surface area (Å²) in [5, 5.41) is 5.80. The van der Waals surface area contributed by atoms with E-state index in [0.29, 0.717) is 0 Å². The molecule has 1 rings (SSSR count). The summed E-state index contributed by atoms with van der Waals surface area (Å²) in [7, 11) is 0. The summed E-state index contributed by atoms with van der Waals surface area (Å²) in [5.41, 5.74) is 0.945. The minimum absolute atomic E-state index is 0.0337. The average Bonchev–Trinajstić information content (AvgIpc) is 2.38. The summed E-state index contributed by atoms with van der Waals surface area (Å²) in [6.07, 6.45) is 2.26. The minimum Gasteiger partial charge on any atom is -0.354 e. The van der Waals surface area contributed by atoms with Crippen LogP contribution in [0.1, 0.15) is 51.6 Å². The van der Waals surface area contributed by atoms with Crippen LogP contribution in [-0.4, -0.2) is 17.9 Å². The number of rotatable bonds is 7. The van der Waals surface area contributed by atoms with Crippen LogP contribution in [-0.2, 0) is 9.59 Å². The Labute approximate surface area is 121 Å². The maximum absolute atomic E-state index is 12.0. The molecule has 20 heavy (non-hydrogen) atoms. The Hall–Kier alpha value is -1.84. The fourth-order valence-corrected chi connectivity index (χ4v) is 2.21. The van der Waals surface area contributed by atoms with E-state index in [9.17, 15) is 9.59 Å². The van der Waals surface area contributed by atoms with E-state index in [-0.39, 0.29) is 30.3 Å². The Kier molecular flexibility index (Phi) is 6.77. The monoisotopic (exact) mass is 276 g/mol. The van der Waals surface area contributed by atoms with Gasteiger partial charge in [0.15, 0.2) is 0 Å². The molecule has 0 radical (unpaired) electrons. The van der Waals surface area contributed by atoms with Gasteiger partial charge in [-0.3, -0.25) is 9.59 Å². The van der Waals surface area contributed by atoms with E-state index in [4.69, 9.17) is 0 Å². The molecule has 0 unspecified atom stereocenters. The quantitative estimate of drug-likeness (QED) is 0.804. The summed E-state index contributed by atoms with van der Waals surface area (Å²) in [6.45, 7) is 5.55. The average molecular weight is 276 g/mol. The number of hydrogen-bond donors (Lipinski definition) is 2. The lowest BCUT2D eigenvalue weighted by Crippen LogP contribution is -2.36. The van der Waals surface area contributed by atoms with Gasteiger partial charge >= 0.3 is 0 Å². The van der Waals surface area contributed by atoms with E-state index in [1.807, 2.05) is 37.3 Å². The maximum atomic E-state index is 12.0. The Morgan fingerprint density at radius 1 is 1.15 bits per heavy atom. The van der Waals surface area contributed by atoms with Gasteiger partial charge in [0.05, 0.1) is 12.5 Å². The topological polar surface area (TPSA) is 58.2 Å². The van der Waals surface area contributed by atoms with Crippen LogP contribution < -0.4 is 10.6 Å². The Balaban J connectivity index is 2.66. The molecule has 4 heteroatoms. The highest BCUT2D eigenvalue weighted by Gasteiger charge is 2.17. The number of benzene rings is 1. The molecular weight excluding hydrogens is 252 g/mol. The molecule has 1 aromatic rings. The van der Waals surface area contributed by atoms with Crippen LogP contribution in [0.5, 0.6) is 0 Å². The lowest BCUT2D eigenvalue weighted by atomic mass is 10.0. The highest BCUT2D eigenvalue weighted by Crippen LogP contribution is 2.16. The summed E-state index contributed by atoms with van der Waals surface area (Å²) in [5.74, 6) is -0.165. The van der Waals surface area contributed by atoms with Crippen LogP contribution in [0, 0.1) is 0 Å². The summed E-state index contributed by atoms with van der Waals surface area (Å²) >= 11 is 0. The van der Waals surface area contributed by atoms with Crippen molar-refractivity contribution in [2.24, 2.45) is 0 Å². The fraction of sp³-hybridized carbons (Fsp3) is 0.500. The molecule has 0 fully saturated rings. The standard InChI is InChI=1S/C16H24N2O2/c1-4-8-12(2)17-16(20)11-15(18-13(3)19)14-9-6-5-7-10-14/h5-7,9-10,12,15H,4,8,11H2,1-3H3,(H,17,20)(H,18,19)/t12-,15+/m0/s1. The number of hydrogen-bond acceptors (Lipinski definition) is 2. The van der Waals surface area contributed by atoms with Gasteiger partial charge in [0.2, 0.25) is 11.8 Å². The predicted octanol–water partition coefficient (Wildman–Crippen LogP) is 2.56. The minimum atomic E-state index is -0.275. The first-order chi connectivity index (χ1) is 9.52. The van der Waals surface area contributed by atoms with Gasteiger partial charge in [0.25, 0.3) is 0 Å². The van der Waals surface area contributed by atoms with Gasteiger partial charge in [0.1, 0.15) is 0 Å². The van der Waals surface area contributed by atoms with Crippen molar-refractivity contribution in [1.29, 1.82) is 0 Å². The zero-order chi connectivity index (χ0) is 15.0. The zero-order valence-corrected chi connectivity index (χ0v) is 12.5. The van der Waals surface area contributed by atoms with Gasteiger partial charge in [-0.2, -0.15) is 0 Å². The molecule has 1 aromatic carbocycles. The van der Waals surface area contributed by atoms with Crippen molar-refractivity contribution >= 4 is 11.8 Å². The third-order valence-electron chi connectivity index (χ3n) is 3.10.